The molecule has 2 saturated carbocycles. The highest BCUT2D eigenvalue weighted by Gasteiger charge is 2.56. The minimum Gasteiger partial charge on any atom is -0.309 e. The highest BCUT2D eigenvalue weighted by atomic mass is 15.1. The van der Waals surface area contributed by atoms with Crippen molar-refractivity contribution in [3.63, 3.8) is 0 Å². The Balaban J connectivity index is 1.67. The van der Waals surface area contributed by atoms with Crippen molar-refractivity contribution in [3.05, 3.63) is 24.3 Å². The molecule has 0 amide bonds. The van der Waals surface area contributed by atoms with Crippen molar-refractivity contribution in [1.29, 1.82) is 0 Å². The molecule has 0 aromatic heterocycles. The first kappa shape index (κ1) is 15.0. The summed E-state index contributed by atoms with van der Waals surface area (Å²) in [6.07, 6.45) is 20.4. The molecular weight excluding hydrogens is 266 g/mol. The van der Waals surface area contributed by atoms with E-state index in [0.29, 0.717) is 10.8 Å². The molecule has 0 bridgehead atoms. The standard InChI is InChI=1S/C21H33N/c1-20-12-5-4-7-16(20)9-10-17-18(20)11-14-21(15-22(2)3)13-6-8-19(17)21/h5,9-10,12,16-19H,4,6-8,11,13-15H2,1-3H3/t16?,17-,18+,19+,20+,21+/m1/s1. The molecule has 1 heteroatoms. The van der Waals surface area contributed by atoms with Crippen LogP contribution in [0.4, 0.5) is 0 Å². The van der Waals surface area contributed by atoms with Gasteiger partial charge in [0.1, 0.15) is 0 Å². The number of hydrogen-bond donors (Lipinski definition) is 0. The molecule has 0 aromatic carbocycles. The van der Waals surface area contributed by atoms with Crippen molar-refractivity contribution in [2.24, 2.45) is 34.5 Å². The van der Waals surface area contributed by atoms with Crippen LogP contribution >= 0.6 is 0 Å². The van der Waals surface area contributed by atoms with Gasteiger partial charge in [-0.15, -0.1) is 0 Å². The van der Waals surface area contributed by atoms with Gasteiger partial charge >= 0.3 is 0 Å². The molecule has 1 unspecified atom stereocenters. The second kappa shape index (κ2) is 5.23. The van der Waals surface area contributed by atoms with Crippen LogP contribution in [0.1, 0.15) is 51.9 Å². The summed E-state index contributed by atoms with van der Waals surface area (Å²) in [5, 5.41) is 0. The van der Waals surface area contributed by atoms with Gasteiger partial charge in [-0.25, -0.2) is 0 Å². The Morgan fingerprint density at radius 2 is 1.91 bits per heavy atom. The Hall–Kier alpha value is -0.560. The first-order chi connectivity index (χ1) is 10.6. The average Bonchev–Trinajstić information content (AvgIpc) is 2.89. The van der Waals surface area contributed by atoms with Crippen LogP contribution in [0, 0.1) is 34.5 Å². The summed E-state index contributed by atoms with van der Waals surface area (Å²) in [6, 6.07) is 0. The monoisotopic (exact) mass is 299 g/mol. The van der Waals surface area contributed by atoms with Gasteiger partial charge in [0.2, 0.25) is 0 Å². The van der Waals surface area contributed by atoms with Crippen LogP contribution < -0.4 is 0 Å². The largest absolute Gasteiger partial charge is 0.309 e. The normalized spacial score (nSPS) is 49.8. The Morgan fingerprint density at radius 3 is 2.73 bits per heavy atom. The van der Waals surface area contributed by atoms with Crippen molar-refractivity contribution in [3.8, 4) is 0 Å². The van der Waals surface area contributed by atoms with E-state index in [1.807, 2.05) is 0 Å². The molecule has 0 spiro atoms. The zero-order chi connectivity index (χ0) is 15.4. The number of rotatable bonds is 2. The van der Waals surface area contributed by atoms with Gasteiger partial charge in [-0.2, -0.15) is 0 Å². The molecule has 22 heavy (non-hydrogen) atoms. The Labute approximate surface area is 136 Å². The molecule has 0 aliphatic heterocycles. The van der Waals surface area contributed by atoms with E-state index in [0.717, 1.165) is 23.7 Å². The number of allylic oxidation sites excluding steroid dienone is 4. The SMILES string of the molecule is CN(C)C[C@@]12CCC[C@H]1[C@@H]1C=CC3CCC=C[C@]3(C)[C@H]1CC2. The van der Waals surface area contributed by atoms with Gasteiger partial charge in [0.15, 0.2) is 0 Å². The van der Waals surface area contributed by atoms with Gasteiger partial charge in [-0.05, 0) is 87.1 Å². The first-order valence-corrected chi connectivity index (χ1v) is 9.56. The number of fused-ring (bicyclic) bond motifs is 5. The summed E-state index contributed by atoms with van der Waals surface area (Å²) in [4.78, 5) is 2.45. The van der Waals surface area contributed by atoms with Crippen LogP contribution in [0.25, 0.3) is 0 Å². The van der Waals surface area contributed by atoms with Gasteiger partial charge in [0.25, 0.3) is 0 Å². The predicted molar refractivity (Wildman–Crippen MR) is 93.7 cm³/mol. The van der Waals surface area contributed by atoms with E-state index in [1.54, 1.807) is 0 Å². The second-order valence-corrected chi connectivity index (χ2v) is 9.16. The molecule has 2 fully saturated rings. The van der Waals surface area contributed by atoms with Crippen molar-refractivity contribution in [2.75, 3.05) is 20.6 Å². The van der Waals surface area contributed by atoms with Gasteiger partial charge in [-0.3, -0.25) is 0 Å². The number of hydrogen-bond acceptors (Lipinski definition) is 1. The summed E-state index contributed by atoms with van der Waals surface area (Å²) >= 11 is 0. The summed E-state index contributed by atoms with van der Waals surface area (Å²) in [5.74, 6) is 3.50. The van der Waals surface area contributed by atoms with Crippen LogP contribution in [0.2, 0.25) is 0 Å². The fourth-order valence-corrected chi connectivity index (χ4v) is 6.90. The maximum atomic E-state index is 2.68. The van der Waals surface area contributed by atoms with Crippen molar-refractivity contribution < 1.29 is 0 Å². The van der Waals surface area contributed by atoms with Gasteiger partial charge in [0.05, 0.1) is 0 Å². The van der Waals surface area contributed by atoms with Crippen LogP contribution in [-0.2, 0) is 0 Å². The third-order valence-corrected chi connectivity index (χ3v) is 7.77. The van der Waals surface area contributed by atoms with Crippen LogP contribution in [0.5, 0.6) is 0 Å². The van der Waals surface area contributed by atoms with E-state index in [2.05, 4.69) is 50.2 Å². The minimum atomic E-state index is 0.449. The van der Waals surface area contributed by atoms with Crippen LogP contribution in [-0.4, -0.2) is 25.5 Å². The molecule has 6 atom stereocenters. The zero-order valence-corrected chi connectivity index (χ0v) is 14.7. The molecule has 0 radical (unpaired) electrons. The smallest absolute Gasteiger partial charge is 0.00347 e. The molecule has 122 valence electrons. The first-order valence-electron chi connectivity index (χ1n) is 9.56. The molecule has 1 nitrogen and oxygen atoms in total. The van der Waals surface area contributed by atoms with Gasteiger partial charge < -0.3 is 4.90 Å². The lowest BCUT2D eigenvalue weighted by Crippen LogP contribution is -2.51. The average molecular weight is 300 g/mol. The summed E-state index contributed by atoms with van der Waals surface area (Å²) in [7, 11) is 4.54. The van der Waals surface area contributed by atoms with Crippen molar-refractivity contribution in [2.45, 2.75) is 51.9 Å². The van der Waals surface area contributed by atoms with Crippen molar-refractivity contribution in [1.82, 2.24) is 4.90 Å². The topological polar surface area (TPSA) is 3.24 Å². The fourth-order valence-electron chi connectivity index (χ4n) is 6.90. The van der Waals surface area contributed by atoms with E-state index in [1.165, 1.54) is 51.5 Å². The van der Waals surface area contributed by atoms with Crippen LogP contribution in [0.3, 0.4) is 0 Å². The molecule has 0 aromatic rings. The second-order valence-electron chi connectivity index (χ2n) is 9.16. The lowest BCUT2D eigenvalue weighted by molar-refractivity contribution is -0.0287. The van der Waals surface area contributed by atoms with Crippen LogP contribution in [0.15, 0.2) is 24.3 Å². The van der Waals surface area contributed by atoms with Gasteiger partial charge in [-0.1, -0.05) is 37.6 Å². The maximum absolute atomic E-state index is 2.68. The Kier molecular flexibility index (Phi) is 3.56. The maximum Gasteiger partial charge on any atom is 0.00347 e. The molecular formula is C21H33N. The molecule has 4 rings (SSSR count). The molecule has 0 N–H and O–H groups in total. The molecule has 0 heterocycles. The highest BCUT2D eigenvalue weighted by Crippen LogP contribution is 2.63. The molecule has 0 saturated heterocycles. The van der Waals surface area contributed by atoms with E-state index < -0.39 is 0 Å². The summed E-state index contributed by atoms with van der Waals surface area (Å²) in [6.45, 7) is 3.88. The highest BCUT2D eigenvalue weighted by molar-refractivity contribution is 5.22. The minimum absolute atomic E-state index is 0.449. The van der Waals surface area contributed by atoms with Crippen molar-refractivity contribution >= 4 is 0 Å². The predicted octanol–water partition coefficient (Wildman–Crippen LogP) is 4.90. The third kappa shape index (κ3) is 2.08. The van der Waals surface area contributed by atoms with E-state index in [9.17, 15) is 0 Å². The summed E-state index contributed by atoms with van der Waals surface area (Å²) < 4.78 is 0. The summed E-state index contributed by atoms with van der Waals surface area (Å²) in [5.41, 5.74) is 1.07. The lowest BCUT2D eigenvalue weighted by atomic mass is 9.48. The fraction of sp³-hybridized carbons (Fsp3) is 0.810. The molecule has 4 aliphatic rings. The quantitative estimate of drug-likeness (QED) is 0.655. The Bertz CT molecular complexity index is 490. The number of nitrogens with zero attached hydrogens (tertiary/aromatic N) is 1. The lowest BCUT2D eigenvalue weighted by Gasteiger charge is -2.57. The van der Waals surface area contributed by atoms with E-state index >= 15 is 0 Å². The zero-order valence-electron chi connectivity index (χ0n) is 14.7. The van der Waals surface area contributed by atoms with Gasteiger partial charge in [0, 0.05) is 6.54 Å². The molecule has 4 aliphatic carbocycles. The third-order valence-electron chi connectivity index (χ3n) is 7.77. The van der Waals surface area contributed by atoms with E-state index in [4.69, 9.17) is 0 Å². The Morgan fingerprint density at radius 1 is 1.05 bits per heavy atom. The van der Waals surface area contributed by atoms with E-state index in [-0.39, 0.29) is 0 Å².